The molecule has 27 heavy (non-hydrogen) atoms. The summed E-state index contributed by atoms with van der Waals surface area (Å²) in [6, 6.07) is 3.75. The average molecular weight is 365 g/mol. The lowest BCUT2D eigenvalue weighted by molar-refractivity contribution is 0.343. The molecule has 0 atom stereocenters. The maximum atomic E-state index is 10.7. The summed E-state index contributed by atoms with van der Waals surface area (Å²) < 4.78 is 13.9. The van der Waals surface area contributed by atoms with Gasteiger partial charge in [0.1, 0.15) is 0 Å². The molecule has 138 valence electrons. The number of pyridine rings is 2. The van der Waals surface area contributed by atoms with Gasteiger partial charge in [0.2, 0.25) is 5.88 Å². The number of methoxy groups -OCH3 is 2. The first-order chi connectivity index (χ1) is 13.0. The lowest BCUT2D eigenvalue weighted by Crippen LogP contribution is -1.95. The van der Waals surface area contributed by atoms with Crippen molar-refractivity contribution in [1.29, 1.82) is 0 Å². The molecule has 1 N–H and O–H groups in total. The second-order valence-electron chi connectivity index (χ2n) is 6.22. The molecule has 0 saturated heterocycles. The van der Waals surface area contributed by atoms with Crippen LogP contribution >= 0.6 is 0 Å². The average Bonchev–Trinajstić information content (AvgIpc) is 3.24. The number of aromatic nitrogens is 5. The van der Waals surface area contributed by atoms with Crippen molar-refractivity contribution in [3.63, 3.8) is 0 Å². The summed E-state index contributed by atoms with van der Waals surface area (Å²) in [6.45, 7) is 1.94. The Morgan fingerprint density at radius 3 is 2.56 bits per heavy atom. The summed E-state index contributed by atoms with van der Waals surface area (Å²) in [7, 11) is 4.94. The summed E-state index contributed by atoms with van der Waals surface area (Å²) in [4.78, 5) is 8.98. The van der Waals surface area contributed by atoms with Crippen molar-refractivity contribution in [1.82, 2.24) is 24.3 Å². The zero-order valence-corrected chi connectivity index (χ0v) is 15.5. The Bertz CT molecular complexity index is 1150. The van der Waals surface area contributed by atoms with Gasteiger partial charge < -0.3 is 14.6 Å². The van der Waals surface area contributed by atoms with Crippen molar-refractivity contribution in [3.05, 3.63) is 42.5 Å². The molecule has 4 heterocycles. The number of hydrogen-bond donors (Lipinski definition) is 1. The van der Waals surface area contributed by atoms with E-state index < -0.39 is 0 Å². The summed E-state index contributed by atoms with van der Waals surface area (Å²) in [5.74, 6) is 1.09. The largest absolute Gasteiger partial charge is 0.494 e. The van der Waals surface area contributed by atoms with Gasteiger partial charge in [-0.25, -0.2) is 9.97 Å². The standard InChI is InChI=1S/C19H19N5O3/c1-11-5-14(12-6-16(26-3)18(27-4)20-7-12)22-15-10-24(19(25)17(11)15)13-8-21-23(2)9-13/h5-10,25H,1-4H3. The zero-order chi connectivity index (χ0) is 19.1. The highest BCUT2D eigenvalue weighted by atomic mass is 16.5. The molecular weight excluding hydrogens is 346 g/mol. The number of ether oxygens (including phenoxy) is 2. The normalized spacial score (nSPS) is 11.1. The minimum absolute atomic E-state index is 0.139. The van der Waals surface area contributed by atoms with Gasteiger partial charge in [-0.05, 0) is 24.6 Å². The first kappa shape index (κ1) is 16.9. The third-order valence-electron chi connectivity index (χ3n) is 4.44. The van der Waals surface area contributed by atoms with Crippen LogP contribution in [0.1, 0.15) is 5.56 Å². The second kappa shape index (κ2) is 6.31. The van der Waals surface area contributed by atoms with E-state index in [9.17, 15) is 5.11 Å². The van der Waals surface area contributed by atoms with Crippen LogP contribution in [0.15, 0.2) is 36.9 Å². The van der Waals surface area contributed by atoms with Crippen LogP contribution in [0, 0.1) is 6.92 Å². The van der Waals surface area contributed by atoms with E-state index in [1.165, 1.54) is 0 Å². The molecule has 0 amide bonds. The van der Waals surface area contributed by atoms with Crippen molar-refractivity contribution >= 4 is 10.9 Å². The van der Waals surface area contributed by atoms with Gasteiger partial charge >= 0.3 is 0 Å². The van der Waals surface area contributed by atoms with Gasteiger partial charge in [-0.1, -0.05) is 0 Å². The Hall–Kier alpha value is -3.55. The first-order valence-electron chi connectivity index (χ1n) is 8.31. The van der Waals surface area contributed by atoms with E-state index in [0.29, 0.717) is 22.5 Å². The molecule has 0 aromatic carbocycles. The molecule has 0 aliphatic rings. The molecule has 0 unspecified atom stereocenters. The van der Waals surface area contributed by atoms with Crippen molar-refractivity contribution in [3.8, 4) is 34.5 Å². The monoisotopic (exact) mass is 365 g/mol. The van der Waals surface area contributed by atoms with E-state index in [1.54, 1.807) is 42.1 Å². The maximum Gasteiger partial charge on any atom is 0.256 e. The molecule has 0 spiro atoms. The second-order valence-corrected chi connectivity index (χ2v) is 6.22. The molecule has 8 nitrogen and oxygen atoms in total. The Morgan fingerprint density at radius 1 is 1.07 bits per heavy atom. The van der Waals surface area contributed by atoms with Crippen molar-refractivity contribution in [2.24, 2.45) is 7.05 Å². The maximum absolute atomic E-state index is 10.7. The predicted octanol–water partition coefficient (Wildman–Crippen LogP) is 2.85. The lowest BCUT2D eigenvalue weighted by atomic mass is 10.1. The fourth-order valence-corrected chi connectivity index (χ4v) is 3.13. The lowest BCUT2D eigenvalue weighted by Gasteiger charge is -2.09. The van der Waals surface area contributed by atoms with Gasteiger partial charge in [-0.3, -0.25) is 9.25 Å². The Kier molecular flexibility index (Phi) is 3.95. The molecule has 0 aliphatic carbocycles. The van der Waals surface area contributed by atoms with Gasteiger partial charge in [-0.2, -0.15) is 5.10 Å². The number of nitrogens with zero attached hydrogens (tertiary/aromatic N) is 5. The number of aryl methyl sites for hydroxylation is 2. The molecule has 4 rings (SSSR count). The van der Waals surface area contributed by atoms with Gasteiger partial charge in [0.25, 0.3) is 5.88 Å². The van der Waals surface area contributed by atoms with E-state index in [-0.39, 0.29) is 5.88 Å². The predicted molar refractivity (Wildman–Crippen MR) is 101 cm³/mol. The van der Waals surface area contributed by atoms with Crippen molar-refractivity contribution < 1.29 is 14.6 Å². The zero-order valence-electron chi connectivity index (χ0n) is 15.5. The Balaban J connectivity index is 1.87. The Labute approximate surface area is 155 Å². The molecule has 8 heteroatoms. The van der Waals surface area contributed by atoms with Gasteiger partial charge in [-0.15, -0.1) is 0 Å². The highest BCUT2D eigenvalue weighted by Gasteiger charge is 2.17. The molecule has 0 bridgehead atoms. The van der Waals surface area contributed by atoms with Crippen LogP contribution < -0.4 is 9.47 Å². The van der Waals surface area contributed by atoms with Crippen LogP contribution in [-0.4, -0.2) is 43.6 Å². The highest BCUT2D eigenvalue weighted by Crippen LogP contribution is 2.35. The fourth-order valence-electron chi connectivity index (χ4n) is 3.13. The molecule has 4 aromatic heterocycles. The quantitative estimate of drug-likeness (QED) is 0.598. The van der Waals surface area contributed by atoms with E-state index >= 15 is 0 Å². The number of hydrogen-bond acceptors (Lipinski definition) is 6. The summed E-state index contributed by atoms with van der Waals surface area (Å²) >= 11 is 0. The van der Waals surface area contributed by atoms with Gasteiger partial charge in [0, 0.05) is 31.2 Å². The molecule has 4 aromatic rings. The number of aromatic hydroxyl groups is 1. The fraction of sp³-hybridized carbons (Fsp3) is 0.211. The molecular formula is C19H19N5O3. The minimum Gasteiger partial charge on any atom is -0.494 e. The minimum atomic E-state index is 0.139. The molecule has 0 saturated carbocycles. The SMILES string of the molecule is COc1cc(-c2cc(C)c3c(O)n(-c4cnn(C)c4)cc3n2)cnc1OC. The van der Waals surface area contributed by atoms with Gasteiger partial charge in [0.15, 0.2) is 5.75 Å². The highest BCUT2D eigenvalue weighted by molar-refractivity contribution is 5.90. The van der Waals surface area contributed by atoms with E-state index in [4.69, 9.17) is 14.5 Å². The van der Waals surface area contributed by atoms with Crippen LogP contribution in [0.5, 0.6) is 17.5 Å². The van der Waals surface area contributed by atoms with Crippen LogP contribution in [-0.2, 0) is 7.05 Å². The van der Waals surface area contributed by atoms with E-state index in [1.807, 2.05) is 32.3 Å². The summed E-state index contributed by atoms with van der Waals surface area (Å²) in [5.41, 5.74) is 3.89. The van der Waals surface area contributed by atoms with Crippen LogP contribution in [0.3, 0.4) is 0 Å². The topological polar surface area (TPSA) is 87.2 Å². The summed E-state index contributed by atoms with van der Waals surface area (Å²) in [5, 5.41) is 15.5. The molecule has 0 radical (unpaired) electrons. The van der Waals surface area contributed by atoms with Crippen LogP contribution in [0.2, 0.25) is 0 Å². The van der Waals surface area contributed by atoms with Crippen molar-refractivity contribution in [2.75, 3.05) is 14.2 Å². The Morgan fingerprint density at radius 2 is 1.89 bits per heavy atom. The number of rotatable bonds is 4. The summed E-state index contributed by atoms with van der Waals surface area (Å²) in [6.07, 6.45) is 7.00. The number of fused-ring (bicyclic) bond motifs is 1. The third kappa shape index (κ3) is 2.75. The molecule has 0 fully saturated rings. The van der Waals surface area contributed by atoms with Gasteiger partial charge in [0.05, 0.1) is 42.7 Å². The van der Waals surface area contributed by atoms with Crippen LogP contribution in [0.4, 0.5) is 0 Å². The van der Waals surface area contributed by atoms with E-state index in [2.05, 4.69) is 10.1 Å². The van der Waals surface area contributed by atoms with Crippen molar-refractivity contribution in [2.45, 2.75) is 6.92 Å². The first-order valence-corrected chi connectivity index (χ1v) is 8.31. The smallest absolute Gasteiger partial charge is 0.256 e. The van der Waals surface area contributed by atoms with Crippen LogP contribution in [0.25, 0.3) is 27.8 Å². The molecule has 0 aliphatic heterocycles. The van der Waals surface area contributed by atoms with E-state index in [0.717, 1.165) is 22.5 Å². The third-order valence-corrected chi connectivity index (χ3v) is 4.44.